The summed E-state index contributed by atoms with van der Waals surface area (Å²) in [6.45, 7) is 2.48. The van der Waals surface area contributed by atoms with Gasteiger partial charge >= 0.3 is 0 Å². The highest BCUT2D eigenvalue weighted by Crippen LogP contribution is 2.32. The van der Waals surface area contributed by atoms with E-state index in [2.05, 4.69) is 34.6 Å². The Labute approximate surface area is 193 Å². The maximum absolute atomic E-state index is 5.99. The quantitative estimate of drug-likeness (QED) is 0.212. The Balaban J connectivity index is 0.00000256. The molecule has 158 valence electrons. The SMILES string of the molecule is I.NC(=NCCCOc1ccc2ccccc2c1)Nc1ccc2c(c1)OCCCO2. The fourth-order valence-electron chi connectivity index (χ4n) is 3.14. The third-order valence-electron chi connectivity index (χ3n) is 4.59. The monoisotopic (exact) mass is 519 g/mol. The molecule has 1 heterocycles. The van der Waals surface area contributed by atoms with Crippen molar-refractivity contribution in [3.05, 3.63) is 60.7 Å². The second kappa shape index (κ2) is 10.9. The zero-order chi connectivity index (χ0) is 19.9. The van der Waals surface area contributed by atoms with E-state index in [4.69, 9.17) is 19.9 Å². The van der Waals surface area contributed by atoms with Gasteiger partial charge in [0.1, 0.15) is 5.75 Å². The van der Waals surface area contributed by atoms with Crippen LogP contribution in [0.3, 0.4) is 0 Å². The number of halogens is 1. The Bertz CT molecular complexity index is 1010. The van der Waals surface area contributed by atoms with Crippen LogP contribution in [0.25, 0.3) is 10.8 Å². The van der Waals surface area contributed by atoms with E-state index in [1.807, 2.05) is 36.4 Å². The van der Waals surface area contributed by atoms with Crippen LogP contribution in [0.15, 0.2) is 65.7 Å². The molecule has 0 aromatic heterocycles. The Kier molecular flexibility index (Phi) is 8.01. The molecule has 6 nitrogen and oxygen atoms in total. The van der Waals surface area contributed by atoms with Gasteiger partial charge in [-0.2, -0.15) is 0 Å². The third-order valence-corrected chi connectivity index (χ3v) is 4.59. The summed E-state index contributed by atoms with van der Waals surface area (Å²) in [5.74, 6) is 2.72. The third kappa shape index (κ3) is 5.91. The first-order chi connectivity index (χ1) is 14.3. The van der Waals surface area contributed by atoms with Gasteiger partial charge in [0.15, 0.2) is 17.5 Å². The van der Waals surface area contributed by atoms with Crippen molar-refractivity contribution in [2.75, 3.05) is 31.7 Å². The highest BCUT2D eigenvalue weighted by molar-refractivity contribution is 14.0. The molecule has 0 fully saturated rings. The standard InChI is InChI=1S/C23H25N3O3.HI/c24-23(26-19-8-10-21-22(16-19)29-14-4-13-28-21)25-11-3-12-27-20-9-7-17-5-1-2-6-18(17)15-20;/h1-2,5-10,15-16H,3-4,11-14H2,(H3,24,25,26);1H. The molecule has 0 aliphatic carbocycles. The summed E-state index contributed by atoms with van der Waals surface area (Å²) in [7, 11) is 0. The predicted octanol–water partition coefficient (Wildman–Crippen LogP) is 4.81. The molecule has 0 radical (unpaired) electrons. The fourth-order valence-corrected chi connectivity index (χ4v) is 3.14. The number of anilines is 1. The average Bonchev–Trinajstić information content (AvgIpc) is 2.98. The largest absolute Gasteiger partial charge is 0.494 e. The molecule has 0 bridgehead atoms. The number of nitrogens with one attached hydrogen (secondary N) is 1. The Morgan fingerprint density at radius 1 is 0.967 bits per heavy atom. The van der Waals surface area contributed by atoms with Crippen molar-refractivity contribution in [3.63, 3.8) is 0 Å². The van der Waals surface area contributed by atoms with Gasteiger partial charge < -0.3 is 25.3 Å². The molecule has 0 atom stereocenters. The number of hydrogen-bond acceptors (Lipinski definition) is 4. The van der Waals surface area contributed by atoms with Crippen molar-refractivity contribution in [2.45, 2.75) is 12.8 Å². The van der Waals surface area contributed by atoms with Crippen LogP contribution in [-0.4, -0.2) is 32.3 Å². The number of hydrogen-bond donors (Lipinski definition) is 2. The van der Waals surface area contributed by atoms with Crippen LogP contribution in [0.4, 0.5) is 5.69 Å². The van der Waals surface area contributed by atoms with Crippen LogP contribution in [0.1, 0.15) is 12.8 Å². The zero-order valence-electron chi connectivity index (χ0n) is 16.7. The first-order valence-corrected chi connectivity index (χ1v) is 9.86. The summed E-state index contributed by atoms with van der Waals surface area (Å²) in [5.41, 5.74) is 6.82. The normalized spacial score (nSPS) is 13.3. The van der Waals surface area contributed by atoms with Crippen molar-refractivity contribution >= 4 is 46.4 Å². The molecule has 3 aromatic carbocycles. The number of guanidine groups is 1. The van der Waals surface area contributed by atoms with E-state index in [0.29, 0.717) is 32.3 Å². The average molecular weight is 519 g/mol. The number of nitrogens with two attached hydrogens (primary N) is 1. The summed E-state index contributed by atoms with van der Waals surface area (Å²) in [5, 5.41) is 5.47. The molecule has 0 spiro atoms. The molecular formula is C23H26IN3O3. The van der Waals surface area contributed by atoms with E-state index in [1.54, 1.807) is 0 Å². The maximum Gasteiger partial charge on any atom is 0.193 e. The lowest BCUT2D eigenvalue weighted by Crippen LogP contribution is -2.23. The molecule has 0 saturated heterocycles. The second-order valence-corrected chi connectivity index (χ2v) is 6.81. The molecule has 3 N–H and O–H groups in total. The summed E-state index contributed by atoms with van der Waals surface area (Å²) < 4.78 is 17.1. The van der Waals surface area contributed by atoms with Gasteiger partial charge in [-0.25, -0.2) is 0 Å². The van der Waals surface area contributed by atoms with E-state index in [9.17, 15) is 0 Å². The van der Waals surface area contributed by atoms with Crippen LogP contribution in [-0.2, 0) is 0 Å². The molecular weight excluding hydrogens is 493 g/mol. The van der Waals surface area contributed by atoms with Crippen LogP contribution in [0.5, 0.6) is 17.2 Å². The van der Waals surface area contributed by atoms with Crippen LogP contribution in [0.2, 0.25) is 0 Å². The Hall–Kier alpha value is -2.68. The van der Waals surface area contributed by atoms with E-state index in [1.165, 1.54) is 10.8 Å². The van der Waals surface area contributed by atoms with E-state index in [-0.39, 0.29) is 24.0 Å². The molecule has 7 heteroatoms. The molecule has 1 aliphatic heterocycles. The minimum Gasteiger partial charge on any atom is -0.494 e. The van der Waals surface area contributed by atoms with E-state index < -0.39 is 0 Å². The van der Waals surface area contributed by atoms with E-state index >= 15 is 0 Å². The van der Waals surface area contributed by atoms with Gasteiger partial charge in [-0.1, -0.05) is 30.3 Å². The van der Waals surface area contributed by atoms with Gasteiger partial charge in [0.25, 0.3) is 0 Å². The summed E-state index contributed by atoms with van der Waals surface area (Å²) >= 11 is 0. The first kappa shape index (κ1) is 22.0. The summed E-state index contributed by atoms with van der Waals surface area (Å²) in [4.78, 5) is 4.36. The summed E-state index contributed by atoms with van der Waals surface area (Å²) in [6.07, 6.45) is 1.65. The topological polar surface area (TPSA) is 78.1 Å². The lowest BCUT2D eigenvalue weighted by atomic mass is 10.1. The highest BCUT2D eigenvalue weighted by Gasteiger charge is 2.10. The van der Waals surface area contributed by atoms with Gasteiger partial charge in [0, 0.05) is 31.1 Å². The maximum atomic E-state index is 5.99. The van der Waals surface area contributed by atoms with Crippen LogP contribution in [0, 0.1) is 0 Å². The number of ether oxygens (including phenoxy) is 3. The predicted molar refractivity (Wildman–Crippen MR) is 132 cm³/mol. The van der Waals surface area contributed by atoms with Crippen molar-refractivity contribution in [3.8, 4) is 17.2 Å². The summed E-state index contributed by atoms with van der Waals surface area (Å²) in [6, 6.07) is 20.0. The van der Waals surface area contributed by atoms with Gasteiger partial charge in [-0.3, -0.25) is 4.99 Å². The second-order valence-electron chi connectivity index (χ2n) is 6.81. The molecule has 1 aliphatic rings. The minimum atomic E-state index is 0. The number of benzene rings is 3. The number of nitrogens with zero attached hydrogens (tertiary/aromatic N) is 1. The van der Waals surface area contributed by atoms with Crippen molar-refractivity contribution < 1.29 is 14.2 Å². The number of rotatable bonds is 6. The van der Waals surface area contributed by atoms with Gasteiger partial charge in [0.05, 0.1) is 19.8 Å². The molecule has 0 saturated carbocycles. The molecule has 0 unspecified atom stereocenters. The fraction of sp³-hybridized carbons (Fsp3) is 0.261. The lowest BCUT2D eigenvalue weighted by molar-refractivity contribution is 0.297. The Morgan fingerprint density at radius 3 is 2.63 bits per heavy atom. The molecule has 0 amide bonds. The minimum absolute atomic E-state index is 0. The van der Waals surface area contributed by atoms with Crippen molar-refractivity contribution in [1.29, 1.82) is 0 Å². The van der Waals surface area contributed by atoms with Crippen LogP contribution >= 0.6 is 24.0 Å². The van der Waals surface area contributed by atoms with Gasteiger partial charge in [0.2, 0.25) is 0 Å². The first-order valence-electron chi connectivity index (χ1n) is 9.86. The van der Waals surface area contributed by atoms with E-state index in [0.717, 1.165) is 35.8 Å². The van der Waals surface area contributed by atoms with Gasteiger partial charge in [-0.05, 0) is 35.0 Å². The molecule has 30 heavy (non-hydrogen) atoms. The van der Waals surface area contributed by atoms with Gasteiger partial charge in [-0.15, -0.1) is 24.0 Å². The zero-order valence-corrected chi connectivity index (χ0v) is 19.0. The Morgan fingerprint density at radius 2 is 1.77 bits per heavy atom. The molecule has 4 rings (SSSR count). The number of fused-ring (bicyclic) bond motifs is 2. The highest BCUT2D eigenvalue weighted by atomic mass is 127. The van der Waals surface area contributed by atoms with Crippen molar-refractivity contribution in [1.82, 2.24) is 0 Å². The smallest absolute Gasteiger partial charge is 0.193 e. The van der Waals surface area contributed by atoms with Crippen LogP contribution < -0.4 is 25.3 Å². The lowest BCUT2D eigenvalue weighted by Gasteiger charge is -2.11. The number of aliphatic imine (C=N–C) groups is 1. The van der Waals surface area contributed by atoms with Crippen molar-refractivity contribution in [2.24, 2.45) is 10.7 Å². The molecule has 3 aromatic rings.